The van der Waals surface area contributed by atoms with E-state index in [-0.39, 0.29) is 25.9 Å². The zero-order chi connectivity index (χ0) is 19.7. The molecule has 2 heterocycles. The highest BCUT2D eigenvalue weighted by Crippen LogP contribution is 2.37. The molecule has 4 rings (SSSR count). The van der Waals surface area contributed by atoms with Gasteiger partial charge in [-0.05, 0) is 26.0 Å². The molecule has 0 radical (unpaired) electrons. The van der Waals surface area contributed by atoms with Crippen LogP contribution in [-0.2, 0) is 16.1 Å². The van der Waals surface area contributed by atoms with Crippen molar-refractivity contribution in [3.05, 3.63) is 52.3 Å². The number of fused-ring (bicyclic) bond motifs is 2. The maximum Gasteiger partial charge on any atom is 0.326 e. The predicted molar refractivity (Wildman–Crippen MR) is 104 cm³/mol. The molecule has 8 heteroatoms. The standard InChI is InChI=1S/C20H18N2O5S/c1-3-25-18(23)10-22-14-8-15-16(27-11-26-15)9-17(14)28-20(22)21-19(24)13-6-4-12(2)5-7-13/h4-9H,3,10-11H2,1-2H3. The number of rotatable bonds is 4. The molecule has 0 saturated heterocycles. The molecule has 0 aliphatic carbocycles. The van der Waals surface area contributed by atoms with Crippen LogP contribution in [0.4, 0.5) is 0 Å². The first kappa shape index (κ1) is 18.2. The van der Waals surface area contributed by atoms with Gasteiger partial charge in [0.1, 0.15) is 6.54 Å². The third-order valence-corrected chi connectivity index (χ3v) is 5.31. The first-order valence-electron chi connectivity index (χ1n) is 8.79. The summed E-state index contributed by atoms with van der Waals surface area (Å²) in [6, 6.07) is 10.8. The summed E-state index contributed by atoms with van der Waals surface area (Å²) in [5.74, 6) is 0.459. The molecule has 0 spiro atoms. The van der Waals surface area contributed by atoms with Crippen molar-refractivity contribution in [2.45, 2.75) is 20.4 Å². The average Bonchev–Trinajstić information content (AvgIpc) is 3.25. The molecule has 1 aliphatic rings. The van der Waals surface area contributed by atoms with Crippen molar-refractivity contribution < 1.29 is 23.8 Å². The smallest absolute Gasteiger partial charge is 0.326 e. The van der Waals surface area contributed by atoms with Gasteiger partial charge < -0.3 is 18.8 Å². The molecule has 0 bridgehead atoms. The minimum Gasteiger partial charge on any atom is -0.465 e. The van der Waals surface area contributed by atoms with E-state index in [4.69, 9.17) is 14.2 Å². The normalized spacial score (nSPS) is 13.1. The number of ether oxygens (including phenoxy) is 3. The van der Waals surface area contributed by atoms with Crippen molar-refractivity contribution in [2.75, 3.05) is 13.4 Å². The van der Waals surface area contributed by atoms with E-state index in [9.17, 15) is 9.59 Å². The molecule has 3 aromatic rings. The van der Waals surface area contributed by atoms with Gasteiger partial charge in [0.25, 0.3) is 5.91 Å². The Balaban J connectivity index is 1.82. The van der Waals surface area contributed by atoms with Crippen molar-refractivity contribution in [3.63, 3.8) is 0 Å². The Morgan fingerprint density at radius 1 is 1.18 bits per heavy atom. The highest BCUT2D eigenvalue weighted by molar-refractivity contribution is 7.16. The summed E-state index contributed by atoms with van der Waals surface area (Å²) in [6.07, 6.45) is 0. The van der Waals surface area contributed by atoms with Crippen molar-refractivity contribution in [3.8, 4) is 11.5 Å². The summed E-state index contributed by atoms with van der Waals surface area (Å²) >= 11 is 1.31. The number of carbonyl (C=O) groups excluding carboxylic acids is 2. The molecule has 1 aliphatic heterocycles. The number of nitrogens with zero attached hydrogens (tertiary/aromatic N) is 2. The second kappa shape index (κ2) is 7.47. The lowest BCUT2D eigenvalue weighted by atomic mass is 10.1. The van der Waals surface area contributed by atoms with Crippen LogP contribution < -0.4 is 14.3 Å². The molecule has 0 N–H and O–H groups in total. The van der Waals surface area contributed by atoms with Crippen molar-refractivity contribution >= 4 is 33.4 Å². The van der Waals surface area contributed by atoms with Crippen LogP contribution in [0.3, 0.4) is 0 Å². The Hall–Kier alpha value is -3.13. The average molecular weight is 398 g/mol. The summed E-state index contributed by atoms with van der Waals surface area (Å²) < 4.78 is 18.4. The number of esters is 1. The van der Waals surface area contributed by atoms with Crippen LogP contribution in [0.15, 0.2) is 41.4 Å². The zero-order valence-corrected chi connectivity index (χ0v) is 16.2. The molecule has 0 fully saturated rings. The first-order valence-corrected chi connectivity index (χ1v) is 9.61. The highest BCUT2D eigenvalue weighted by Gasteiger charge is 2.19. The largest absolute Gasteiger partial charge is 0.465 e. The van der Waals surface area contributed by atoms with Crippen molar-refractivity contribution in [1.29, 1.82) is 0 Å². The molecular formula is C20H18N2O5S. The Bertz CT molecular complexity index is 1130. The SMILES string of the molecule is CCOC(=O)Cn1c(=NC(=O)c2ccc(C)cc2)sc2cc3c(cc21)OCO3. The molecule has 0 atom stereocenters. The topological polar surface area (TPSA) is 79.1 Å². The van der Waals surface area contributed by atoms with Crippen LogP contribution in [0.25, 0.3) is 10.2 Å². The maximum atomic E-state index is 12.6. The van der Waals surface area contributed by atoms with Crippen LogP contribution in [0.5, 0.6) is 11.5 Å². The van der Waals surface area contributed by atoms with Gasteiger partial charge in [0.2, 0.25) is 6.79 Å². The summed E-state index contributed by atoms with van der Waals surface area (Å²) in [7, 11) is 0. The molecule has 144 valence electrons. The lowest BCUT2D eigenvalue weighted by Gasteiger charge is -2.05. The molecule has 0 unspecified atom stereocenters. The molecule has 7 nitrogen and oxygen atoms in total. The Morgan fingerprint density at radius 3 is 2.61 bits per heavy atom. The Labute approximate surface area is 164 Å². The van der Waals surface area contributed by atoms with Gasteiger partial charge in [0.05, 0.1) is 16.8 Å². The van der Waals surface area contributed by atoms with Crippen LogP contribution in [0.1, 0.15) is 22.8 Å². The summed E-state index contributed by atoms with van der Waals surface area (Å²) in [6.45, 7) is 4.09. The molecule has 1 amide bonds. The van der Waals surface area contributed by atoms with Crippen molar-refractivity contribution in [1.82, 2.24) is 4.57 Å². The van der Waals surface area contributed by atoms with E-state index in [0.717, 1.165) is 15.8 Å². The van der Waals surface area contributed by atoms with Gasteiger partial charge in [0.15, 0.2) is 16.3 Å². The zero-order valence-electron chi connectivity index (χ0n) is 15.4. The van der Waals surface area contributed by atoms with E-state index in [2.05, 4.69) is 4.99 Å². The van der Waals surface area contributed by atoms with Crippen LogP contribution in [0, 0.1) is 6.92 Å². The molecular weight excluding hydrogens is 380 g/mol. The number of hydrogen-bond acceptors (Lipinski definition) is 6. The third kappa shape index (κ3) is 3.50. The maximum absolute atomic E-state index is 12.6. The summed E-state index contributed by atoms with van der Waals surface area (Å²) in [5, 5.41) is 0. The van der Waals surface area contributed by atoms with E-state index < -0.39 is 5.97 Å². The fraction of sp³-hybridized carbons (Fsp3) is 0.250. The van der Waals surface area contributed by atoms with Crippen LogP contribution >= 0.6 is 11.3 Å². The van der Waals surface area contributed by atoms with E-state index >= 15 is 0 Å². The molecule has 2 aromatic carbocycles. The van der Waals surface area contributed by atoms with E-state index in [1.54, 1.807) is 29.7 Å². The van der Waals surface area contributed by atoms with Gasteiger partial charge in [0, 0.05) is 17.7 Å². The van der Waals surface area contributed by atoms with Gasteiger partial charge >= 0.3 is 5.97 Å². The second-order valence-electron chi connectivity index (χ2n) is 6.23. The number of amides is 1. The van der Waals surface area contributed by atoms with E-state index in [0.29, 0.717) is 21.9 Å². The van der Waals surface area contributed by atoms with Crippen molar-refractivity contribution in [2.24, 2.45) is 4.99 Å². The van der Waals surface area contributed by atoms with Gasteiger partial charge in [-0.3, -0.25) is 9.59 Å². The quantitative estimate of drug-likeness (QED) is 0.631. The third-order valence-electron chi connectivity index (χ3n) is 4.27. The molecule has 1 aromatic heterocycles. The lowest BCUT2D eigenvalue weighted by molar-refractivity contribution is -0.143. The number of aryl methyl sites for hydroxylation is 1. The summed E-state index contributed by atoms with van der Waals surface area (Å²) in [4.78, 5) is 29.4. The minimum atomic E-state index is -0.399. The minimum absolute atomic E-state index is 0.0481. The highest BCUT2D eigenvalue weighted by atomic mass is 32.1. The number of aromatic nitrogens is 1. The molecule has 0 saturated carbocycles. The Kier molecular flexibility index (Phi) is 4.87. The summed E-state index contributed by atoms with van der Waals surface area (Å²) in [5.41, 5.74) is 2.28. The number of hydrogen-bond donors (Lipinski definition) is 0. The first-order chi connectivity index (χ1) is 13.5. The predicted octanol–water partition coefficient (Wildman–Crippen LogP) is 3.04. The fourth-order valence-corrected chi connectivity index (χ4v) is 3.92. The number of benzene rings is 2. The van der Waals surface area contributed by atoms with E-state index in [1.807, 2.05) is 25.1 Å². The second-order valence-corrected chi connectivity index (χ2v) is 7.24. The Morgan fingerprint density at radius 2 is 1.89 bits per heavy atom. The van der Waals surface area contributed by atoms with E-state index in [1.165, 1.54) is 11.3 Å². The van der Waals surface area contributed by atoms with Gasteiger partial charge in [-0.25, -0.2) is 0 Å². The number of thiazole rings is 1. The monoisotopic (exact) mass is 398 g/mol. The van der Waals surface area contributed by atoms with Crippen LogP contribution in [-0.4, -0.2) is 29.8 Å². The molecule has 28 heavy (non-hydrogen) atoms. The van der Waals surface area contributed by atoms with Gasteiger partial charge in [-0.15, -0.1) is 0 Å². The lowest BCUT2D eigenvalue weighted by Crippen LogP contribution is -2.23. The number of carbonyl (C=O) groups is 2. The van der Waals surface area contributed by atoms with Gasteiger partial charge in [-0.2, -0.15) is 4.99 Å². The van der Waals surface area contributed by atoms with Gasteiger partial charge in [-0.1, -0.05) is 29.0 Å². The fourth-order valence-electron chi connectivity index (χ4n) is 2.88. The van der Waals surface area contributed by atoms with Crippen LogP contribution in [0.2, 0.25) is 0 Å².